The third-order valence-corrected chi connectivity index (χ3v) is 4.64. The molecule has 0 fully saturated rings. The van der Waals surface area contributed by atoms with Crippen LogP contribution in [0, 0.1) is 5.82 Å². The molecule has 0 nitrogen and oxygen atoms in total. The predicted molar refractivity (Wildman–Crippen MR) is 72.8 cm³/mol. The molecule has 0 aliphatic rings. The Hall–Kier alpha value is -0.570. The molecule has 1 unspecified atom stereocenters. The van der Waals surface area contributed by atoms with Crippen LogP contribution in [0.4, 0.5) is 4.39 Å². The zero-order valence-corrected chi connectivity index (χ0v) is 11.5. The van der Waals surface area contributed by atoms with E-state index in [-0.39, 0.29) is 5.82 Å². The molecule has 1 heterocycles. The quantitative estimate of drug-likeness (QED) is 0.661. The largest absolute Gasteiger partial charge is 0.207 e. The fraction of sp³-hybridized carbons (Fsp3) is 0.231. The lowest BCUT2D eigenvalue weighted by molar-refractivity contribution is 0.613. The second kappa shape index (κ2) is 5.38. The molecule has 2 aromatic rings. The number of aryl methyl sites for hydroxylation is 1. The van der Waals surface area contributed by atoms with E-state index in [1.807, 2.05) is 12.1 Å². The van der Waals surface area contributed by atoms with Gasteiger partial charge in [0, 0.05) is 20.3 Å². The van der Waals surface area contributed by atoms with E-state index >= 15 is 0 Å². The molecule has 1 aromatic heterocycles. The zero-order valence-electron chi connectivity index (χ0n) is 9.21. The topological polar surface area (TPSA) is 0 Å². The van der Waals surface area contributed by atoms with E-state index in [1.54, 1.807) is 17.4 Å². The van der Waals surface area contributed by atoms with Crippen molar-refractivity contribution < 1.29 is 4.39 Å². The van der Waals surface area contributed by atoms with E-state index in [0.717, 1.165) is 11.3 Å². The number of benzene rings is 1. The Morgan fingerprint density at radius 3 is 2.71 bits per heavy atom. The molecular weight excluding hydrogens is 278 g/mol. The summed E-state index contributed by atoms with van der Waals surface area (Å²) in [7, 11) is 0. The lowest BCUT2D eigenvalue weighted by atomic mass is 10.1. The van der Waals surface area contributed by atoms with E-state index < -0.39 is 5.38 Å². The van der Waals surface area contributed by atoms with Crippen molar-refractivity contribution in [2.24, 2.45) is 0 Å². The van der Waals surface area contributed by atoms with Gasteiger partial charge in [-0.25, -0.2) is 4.39 Å². The van der Waals surface area contributed by atoms with Crippen molar-refractivity contribution >= 4 is 34.5 Å². The maximum Gasteiger partial charge on any atom is 0.128 e. The van der Waals surface area contributed by atoms with Crippen LogP contribution in [-0.2, 0) is 6.42 Å². The SMILES string of the molecule is CCc1ccc(C(Cl)c2cc(Cl)ccc2F)s1. The summed E-state index contributed by atoms with van der Waals surface area (Å²) in [6.07, 6.45) is 0.965. The predicted octanol–water partition coefficient (Wildman–Crippen LogP) is 5.43. The average molecular weight is 289 g/mol. The van der Waals surface area contributed by atoms with Crippen LogP contribution in [0.5, 0.6) is 0 Å². The van der Waals surface area contributed by atoms with Gasteiger partial charge in [0.1, 0.15) is 5.82 Å². The van der Waals surface area contributed by atoms with Crippen molar-refractivity contribution in [3.8, 4) is 0 Å². The number of rotatable bonds is 3. The van der Waals surface area contributed by atoms with Crippen LogP contribution in [0.3, 0.4) is 0 Å². The molecule has 0 amide bonds. The summed E-state index contributed by atoms with van der Waals surface area (Å²) in [5.41, 5.74) is 0.434. The number of alkyl halides is 1. The molecule has 0 saturated carbocycles. The maximum absolute atomic E-state index is 13.7. The summed E-state index contributed by atoms with van der Waals surface area (Å²) in [5, 5.41) is 0.0262. The van der Waals surface area contributed by atoms with Gasteiger partial charge in [0.05, 0.1) is 5.38 Å². The van der Waals surface area contributed by atoms with E-state index in [1.165, 1.54) is 17.0 Å². The summed E-state index contributed by atoms with van der Waals surface area (Å²) in [5.74, 6) is -0.319. The molecule has 90 valence electrons. The molecule has 0 spiro atoms. The van der Waals surface area contributed by atoms with Gasteiger partial charge in [-0.05, 0) is 36.8 Å². The lowest BCUT2D eigenvalue weighted by Gasteiger charge is -2.09. The smallest absolute Gasteiger partial charge is 0.128 e. The van der Waals surface area contributed by atoms with Crippen LogP contribution < -0.4 is 0 Å². The molecule has 0 aliphatic carbocycles. The van der Waals surface area contributed by atoms with E-state index in [2.05, 4.69) is 6.92 Å². The molecule has 0 bridgehead atoms. The molecule has 1 aromatic carbocycles. The molecule has 0 saturated heterocycles. The Labute approximate surface area is 114 Å². The van der Waals surface area contributed by atoms with Crippen molar-refractivity contribution in [1.82, 2.24) is 0 Å². The highest BCUT2D eigenvalue weighted by atomic mass is 35.5. The molecule has 0 aliphatic heterocycles. The first-order chi connectivity index (χ1) is 8.11. The molecule has 1 atom stereocenters. The first-order valence-corrected chi connectivity index (χ1v) is 6.92. The second-order valence-corrected chi connectivity index (χ2v) is 5.76. The second-order valence-electron chi connectivity index (χ2n) is 3.69. The minimum atomic E-state index is -0.473. The molecule has 0 radical (unpaired) electrons. The van der Waals surface area contributed by atoms with Crippen molar-refractivity contribution in [3.63, 3.8) is 0 Å². The number of halogens is 3. The zero-order chi connectivity index (χ0) is 12.4. The van der Waals surface area contributed by atoms with Crippen LogP contribution in [0.1, 0.15) is 27.6 Å². The third-order valence-electron chi connectivity index (χ3n) is 2.51. The molecule has 0 N–H and O–H groups in total. The van der Waals surface area contributed by atoms with Crippen LogP contribution in [0.25, 0.3) is 0 Å². The van der Waals surface area contributed by atoms with E-state index in [0.29, 0.717) is 10.6 Å². The van der Waals surface area contributed by atoms with Gasteiger partial charge in [0.15, 0.2) is 0 Å². The number of thiophene rings is 1. The third kappa shape index (κ3) is 2.82. The normalized spacial score (nSPS) is 12.7. The van der Waals surface area contributed by atoms with Crippen molar-refractivity contribution in [1.29, 1.82) is 0 Å². The summed E-state index contributed by atoms with van der Waals surface area (Å²) in [6, 6.07) is 8.43. The van der Waals surface area contributed by atoms with Gasteiger partial charge in [-0.3, -0.25) is 0 Å². The van der Waals surface area contributed by atoms with Gasteiger partial charge in [-0.15, -0.1) is 22.9 Å². The van der Waals surface area contributed by atoms with Gasteiger partial charge in [0.2, 0.25) is 0 Å². The Kier molecular flexibility index (Phi) is 4.08. The Morgan fingerprint density at radius 2 is 2.06 bits per heavy atom. The molecule has 17 heavy (non-hydrogen) atoms. The van der Waals surface area contributed by atoms with Gasteiger partial charge in [0.25, 0.3) is 0 Å². The van der Waals surface area contributed by atoms with Crippen LogP contribution in [-0.4, -0.2) is 0 Å². The van der Waals surface area contributed by atoms with Gasteiger partial charge in [-0.2, -0.15) is 0 Å². The highest BCUT2D eigenvalue weighted by Crippen LogP contribution is 2.36. The van der Waals surface area contributed by atoms with Gasteiger partial charge >= 0.3 is 0 Å². The van der Waals surface area contributed by atoms with Crippen LogP contribution in [0.2, 0.25) is 5.02 Å². The molecule has 2 rings (SSSR count). The Bertz CT molecular complexity index is 522. The van der Waals surface area contributed by atoms with Crippen molar-refractivity contribution in [2.75, 3.05) is 0 Å². The minimum Gasteiger partial charge on any atom is -0.207 e. The van der Waals surface area contributed by atoms with E-state index in [9.17, 15) is 4.39 Å². The lowest BCUT2D eigenvalue weighted by Crippen LogP contribution is -1.94. The summed E-state index contributed by atoms with van der Waals surface area (Å²) < 4.78 is 13.7. The van der Waals surface area contributed by atoms with Crippen LogP contribution in [0.15, 0.2) is 30.3 Å². The van der Waals surface area contributed by atoms with E-state index in [4.69, 9.17) is 23.2 Å². The molecular formula is C13H11Cl2FS. The van der Waals surface area contributed by atoms with Crippen LogP contribution >= 0.6 is 34.5 Å². The summed E-state index contributed by atoms with van der Waals surface area (Å²) >= 11 is 13.8. The Balaban J connectivity index is 2.35. The van der Waals surface area contributed by atoms with Crippen molar-refractivity contribution in [3.05, 3.63) is 56.5 Å². The fourth-order valence-corrected chi connectivity index (χ4v) is 3.09. The van der Waals surface area contributed by atoms with Crippen molar-refractivity contribution in [2.45, 2.75) is 18.7 Å². The summed E-state index contributed by atoms with van der Waals surface area (Å²) in [4.78, 5) is 2.19. The van der Waals surface area contributed by atoms with Gasteiger partial charge in [-0.1, -0.05) is 18.5 Å². The monoisotopic (exact) mass is 288 g/mol. The summed E-state index contributed by atoms with van der Waals surface area (Å²) in [6.45, 7) is 2.08. The maximum atomic E-state index is 13.7. The highest BCUT2D eigenvalue weighted by molar-refractivity contribution is 7.12. The number of hydrogen-bond donors (Lipinski definition) is 0. The average Bonchev–Trinajstić information content (AvgIpc) is 2.80. The fourth-order valence-electron chi connectivity index (χ4n) is 1.58. The Morgan fingerprint density at radius 1 is 1.29 bits per heavy atom. The minimum absolute atomic E-state index is 0.319. The standard InChI is InChI=1S/C13H11Cl2FS/c1-2-9-4-6-12(17-9)13(15)10-7-8(14)3-5-11(10)16/h3-7,13H,2H2,1H3. The van der Waals surface area contributed by atoms with Gasteiger partial charge < -0.3 is 0 Å². The highest BCUT2D eigenvalue weighted by Gasteiger charge is 2.17. The number of hydrogen-bond acceptors (Lipinski definition) is 1. The first-order valence-electron chi connectivity index (χ1n) is 5.29. The first kappa shape index (κ1) is 12.9. The molecule has 4 heteroatoms.